The van der Waals surface area contributed by atoms with Crippen LogP contribution in [0.4, 0.5) is 0 Å². The van der Waals surface area contributed by atoms with Crippen LogP contribution in [0.5, 0.6) is 5.75 Å². The molecule has 2 nitrogen and oxygen atoms in total. The van der Waals surface area contributed by atoms with E-state index in [1.165, 1.54) is 31.2 Å². The third-order valence-corrected chi connectivity index (χ3v) is 5.44. The van der Waals surface area contributed by atoms with Gasteiger partial charge >= 0.3 is 0 Å². The normalized spacial score (nSPS) is 33.8. The van der Waals surface area contributed by atoms with Gasteiger partial charge in [0.05, 0.1) is 0 Å². The van der Waals surface area contributed by atoms with Gasteiger partial charge in [0.15, 0.2) is 0 Å². The van der Waals surface area contributed by atoms with Crippen LogP contribution >= 0.6 is 15.9 Å². The second-order valence-electron chi connectivity index (χ2n) is 6.04. The summed E-state index contributed by atoms with van der Waals surface area (Å²) in [6.45, 7) is 2.36. The van der Waals surface area contributed by atoms with E-state index in [1.807, 2.05) is 0 Å². The molecule has 2 aliphatic rings. The van der Waals surface area contributed by atoms with E-state index in [9.17, 15) is 0 Å². The number of nitrogens with one attached hydrogen (secondary N) is 1. The first-order valence-electron chi connectivity index (χ1n) is 7.30. The van der Waals surface area contributed by atoms with Crippen molar-refractivity contribution in [3.63, 3.8) is 0 Å². The highest BCUT2D eigenvalue weighted by atomic mass is 79.9. The molecule has 1 aliphatic carbocycles. The van der Waals surface area contributed by atoms with Crippen molar-refractivity contribution in [2.75, 3.05) is 7.05 Å². The van der Waals surface area contributed by atoms with Crippen LogP contribution in [0.2, 0.25) is 0 Å². The number of benzene rings is 1. The summed E-state index contributed by atoms with van der Waals surface area (Å²) in [6, 6.07) is 6.79. The smallest absolute Gasteiger partial charge is 0.125 e. The molecule has 3 rings (SSSR count). The molecule has 1 aromatic rings. The quantitative estimate of drug-likeness (QED) is 0.824. The molecule has 0 bridgehead atoms. The molecule has 1 saturated carbocycles. The van der Waals surface area contributed by atoms with Crippen molar-refractivity contribution < 1.29 is 4.74 Å². The van der Waals surface area contributed by atoms with E-state index in [2.05, 4.69) is 53.4 Å². The molecule has 1 spiro atoms. The second-order valence-corrected chi connectivity index (χ2v) is 6.96. The predicted molar refractivity (Wildman–Crippen MR) is 81.6 cm³/mol. The fourth-order valence-electron chi connectivity index (χ4n) is 3.70. The van der Waals surface area contributed by atoms with Gasteiger partial charge in [-0.1, -0.05) is 29.3 Å². The molecule has 0 saturated heterocycles. The van der Waals surface area contributed by atoms with Crippen LogP contribution in [0.1, 0.15) is 50.6 Å². The maximum Gasteiger partial charge on any atom is 0.125 e. The number of ether oxygens (including phenoxy) is 1. The lowest BCUT2D eigenvalue weighted by molar-refractivity contribution is -0.0437. The zero-order chi connectivity index (χ0) is 13.5. The summed E-state index contributed by atoms with van der Waals surface area (Å²) in [5, 5.41) is 3.48. The van der Waals surface area contributed by atoms with E-state index in [-0.39, 0.29) is 5.60 Å². The Labute approximate surface area is 124 Å². The van der Waals surface area contributed by atoms with E-state index < -0.39 is 0 Å². The Morgan fingerprint density at radius 3 is 2.95 bits per heavy atom. The summed E-state index contributed by atoms with van der Waals surface area (Å²) >= 11 is 3.56. The lowest BCUT2D eigenvalue weighted by atomic mass is 9.71. The van der Waals surface area contributed by atoms with Gasteiger partial charge in [0.2, 0.25) is 0 Å². The molecule has 3 heteroatoms. The summed E-state index contributed by atoms with van der Waals surface area (Å²) in [4.78, 5) is 0. The minimum absolute atomic E-state index is 0.0484. The van der Waals surface area contributed by atoms with Gasteiger partial charge in [-0.05, 0) is 50.4 Å². The number of halogens is 1. The standard InChI is InChI=1S/C16H22BrNO/c1-11-5-3-4-8-16(11)10-14(18-2)13-9-12(17)6-7-15(13)19-16/h6-7,9,11,14,18H,3-5,8,10H2,1-2H3. The summed E-state index contributed by atoms with van der Waals surface area (Å²) in [5.74, 6) is 1.72. The van der Waals surface area contributed by atoms with Gasteiger partial charge in [0.1, 0.15) is 11.4 Å². The maximum atomic E-state index is 6.50. The van der Waals surface area contributed by atoms with Crippen molar-refractivity contribution in [2.24, 2.45) is 5.92 Å². The first kappa shape index (κ1) is 13.4. The van der Waals surface area contributed by atoms with Gasteiger partial charge < -0.3 is 10.1 Å². The second kappa shape index (κ2) is 5.10. The highest BCUT2D eigenvalue weighted by molar-refractivity contribution is 9.10. The third kappa shape index (κ3) is 2.31. The number of rotatable bonds is 1. The first-order chi connectivity index (χ1) is 9.14. The van der Waals surface area contributed by atoms with Gasteiger partial charge in [-0.2, -0.15) is 0 Å². The van der Waals surface area contributed by atoms with Crippen LogP contribution in [0.3, 0.4) is 0 Å². The number of hydrogen-bond acceptors (Lipinski definition) is 2. The summed E-state index contributed by atoms with van der Waals surface area (Å²) in [5.41, 5.74) is 1.34. The van der Waals surface area contributed by atoms with Crippen LogP contribution in [0.15, 0.2) is 22.7 Å². The van der Waals surface area contributed by atoms with Gasteiger partial charge in [-0.3, -0.25) is 0 Å². The van der Waals surface area contributed by atoms with E-state index in [0.717, 1.165) is 16.6 Å². The predicted octanol–water partition coefficient (Wildman–Crippen LogP) is 4.44. The zero-order valence-electron chi connectivity index (χ0n) is 11.7. The van der Waals surface area contributed by atoms with Crippen LogP contribution in [0, 0.1) is 5.92 Å². The Morgan fingerprint density at radius 2 is 2.21 bits per heavy atom. The van der Waals surface area contributed by atoms with Gasteiger partial charge in [-0.25, -0.2) is 0 Å². The van der Waals surface area contributed by atoms with Crippen LogP contribution < -0.4 is 10.1 Å². The minimum atomic E-state index is 0.0484. The molecule has 3 unspecified atom stereocenters. The van der Waals surface area contributed by atoms with E-state index in [0.29, 0.717) is 12.0 Å². The molecule has 1 fully saturated rings. The average Bonchev–Trinajstić information content (AvgIpc) is 2.42. The Bertz CT molecular complexity index is 476. The van der Waals surface area contributed by atoms with Crippen molar-refractivity contribution in [2.45, 2.75) is 50.7 Å². The molecule has 1 N–H and O–H groups in total. The monoisotopic (exact) mass is 323 g/mol. The summed E-state index contributed by atoms with van der Waals surface area (Å²) in [7, 11) is 2.06. The van der Waals surface area contributed by atoms with Gasteiger partial charge in [0.25, 0.3) is 0 Å². The lowest BCUT2D eigenvalue weighted by Crippen LogP contribution is -2.50. The molecule has 19 heavy (non-hydrogen) atoms. The highest BCUT2D eigenvalue weighted by Gasteiger charge is 2.45. The van der Waals surface area contributed by atoms with Gasteiger partial charge in [0, 0.05) is 22.5 Å². The fraction of sp³-hybridized carbons (Fsp3) is 0.625. The third-order valence-electron chi connectivity index (χ3n) is 4.94. The average molecular weight is 324 g/mol. The Morgan fingerprint density at radius 1 is 1.37 bits per heavy atom. The van der Waals surface area contributed by atoms with E-state index in [4.69, 9.17) is 4.74 Å². The Hall–Kier alpha value is -0.540. The van der Waals surface area contributed by atoms with Crippen molar-refractivity contribution in [1.29, 1.82) is 0 Å². The number of fused-ring (bicyclic) bond motifs is 1. The molecule has 104 valence electrons. The van der Waals surface area contributed by atoms with E-state index in [1.54, 1.807) is 0 Å². The molecule has 3 atom stereocenters. The molecule has 0 amide bonds. The van der Waals surface area contributed by atoms with Crippen LogP contribution in [0.25, 0.3) is 0 Å². The highest BCUT2D eigenvalue weighted by Crippen LogP contribution is 2.48. The largest absolute Gasteiger partial charge is 0.487 e. The molecule has 1 aromatic carbocycles. The Kier molecular flexibility index (Phi) is 3.61. The molecule has 1 heterocycles. The molecular weight excluding hydrogens is 302 g/mol. The van der Waals surface area contributed by atoms with Crippen molar-refractivity contribution >= 4 is 15.9 Å². The van der Waals surface area contributed by atoms with Crippen LogP contribution in [-0.2, 0) is 0 Å². The first-order valence-corrected chi connectivity index (χ1v) is 8.10. The van der Waals surface area contributed by atoms with Crippen molar-refractivity contribution in [3.8, 4) is 5.75 Å². The maximum absolute atomic E-state index is 6.50. The zero-order valence-corrected chi connectivity index (χ0v) is 13.3. The molecule has 0 radical (unpaired) electrons. The topological polar surface area (TPSA) is 21.3 Å². The number of hydrogen-bond donors (Lipinski definition) is 1. The van der Waals surface area contributed by atoms with Crippen molar-refractivity contribution in [1.82, 2.24) is 5.32 Å². The van der Waals surface area contributed by atoms with Crippen molar-refractivity contribution in [3.05, 3.63) is 28.2 Å². The van der Waals surface area contributed by atoms with Crippen LogP contribution in [-0.4, -0.2) is 12.6 Å². The summed E-state index contributed by atoms with van der Waals surface area (Å²) in [6.07, 6.45) is 6.23. The van der Waals surface area contributed by atoms with E-state index >= 15 is 0 Å². The molecule has 1 aliphatic heterocycles. The lowest BCUT2D eigenvalue weighted by Gasteiger charge is -2.48. The Balaban J connectivity index is 1.99. The SMILES string of the molecule is CNC1CC2(CCCCC2C)Oc2ccc(Br)cc21. The summed E-state index contributed by atoms with van der Waals surface area (Å²) < 4.78 is 7.63. The van der Waals surface area contributed by atoms with Gasteiger partial charge in [-0.15, -0.1) is 0 Å². The fourth-order valence-corrected chi connectivity index (χ4v) is 4.08. The molecular formula is C16H22BrNO. The molecule has 0 aromatic heterocycles. The minimum Gasteiger partial charge on any atom is -0.487 e.